The molecule has 0 unspecified atom stereocenters. The minimum Gasteiger partial charge on any atom is -0.475 e. The third kappa shape index (κ3) is 2.63. The molecule has 0 radical (unpaired) electrons. The molecule has 0 bridgehead atoms. The molecular formula is C14H18FN7O2. The Morgan fingerprint density at radius 1 is 1.50 bits per heavy atom. The summed E-state index contributed by atoms with van der Waals surface area (Å²) >= 11 is 0. The molecule has 0 aliphatic carbocycles. The number of azide groups is 1. The average Bonchev–Trinajstić information content (AvgIpc) is 3.10. The van der Waals surface area contributed by atoms with Crippen LogP contribution in [0.15, 0.2) is 11.3 Å². The second-order valence-electron chi connectivity index (χ2n) is 5.56. The van der Waals surface area contributed by atoms with E-state index in [0.29, 0.717) is 17.9 Å². The Balaban J connectivity index is 2.11. The first-order chi connectivity index (χ1) is 11.6. The zero-order valence-electron chi connectivity index (χ0n) is 13.6. The first-order valence-electron chi connectivity index (χ1n) is 7.83. The first kappa shape index (κ1) is 16.4. The van der Waals surface area contributed by atoms with E-state index in [0.717, 1.165) is 6.42 Å². The van der Waals surface area contributed by atoms with E-state index in [2.05, 4.69) is 25.1 Å². The fraction of sp³-hybridized carbons (Fsp3) is 0.643. The van der Waals surface area contributed by atoms with Gasteiger partial charge >= 0.3 is 0 Å². The second kappa shape index (κ2) is 6.58. The summed E-state index contributed by atoms with van der Waals surface area (Å²) in [6.45, 7) is 5.93. The number of alkyl halides is 1. The maximum Gasteiger partial charge on any atom is 0.261 e. The van der Waals surface area contributed by atoms with E-state index in [4.69, 9.17) is 15.0 Å². The number of fused-ring (bicyclic) bond motifs is 1. The van der Waals surface area contributed by atoms with Gasteiger partial charge in [-0.15, -0.1) is 5.10 Å². The summed E-state index contributed by atoms with van der Waals surface area (Å²) in [5.74, 6) is -0.175. The van der Waals surface area contributed by atoms with Crippen molar-refractivity contribution in [3.05, 3.63) is 22.3 Å². The highest BCUT2D eigenvalue weighted by Crippen LogP contribution is 2.40. The predicted octanol–water partition coefficient (Wildman–Crippen LogP) is 3.29. The third-order valence-corrected chi connectivity index (χ3v) is 4.16. The number of hydrogen-bond acceptors (Lipinski definition) is 6. The maximum absolute atomic E-state index is 14.7. The number of rotatable bonds is 5. The lowest BCUT2D eigenvalue weighted by molar-refractivity contribution is 0.0196. The number of halogens is 1. The highest BCUT2D eigenvalue weighted by molar-refractivity contribution is 5.51. The van der Waals surface area contributed by atoms with Gasteiger partial charge in [-0.3, -0.25) is 0 Å². The van der Waals surface area contributed by atoms with E-state index >= 15 is 0 Å². The fourth-order valence-electron chi connectivity index (χ4n) is 2.94. The Hall–Kier alpha value is -2.45. The molecule has 1 aliphatic heterocycles. The summed E-state index contributed by atoms with van der Waals surface area (Å²) < 4.78 is 27.3. The van der Waals surface area contributed by atoms with Gasteiger partial charge in [0.2, 0.25) is 11.6 Å². The van der Waals surface area contributed by atoms with Crippen molar-refractivity contribution in [1.82, 2.24) is 19.6 Å². The van der Waals surface area contributed by atoms with Crippen LogP contribution in [0.2, 0.25) is 0 Å². The van der Waals surface area contributed by atoms with Crippen LogP contribution in [0, 0.1) is 5.92 Å². The molecule has 0 spiro atoms. The van der Waals surface area contributed by atoms with Crippen LogP contribution in [-0.2, 0) is 4.74 Å². The molecule has 0 N–H and O–H groups in total. The predicted molar refractivity (Wildman–Crippen MR) is 82.7 cm³/mol. The van der Waals surface area contributed by atoms with Crippen LogP contribution in [0.3, 0.4) is 0 Å². The second-order valence-corrected chi connectivity index (χ2v) is 5.56. The van der Waals surface area contributed by atoms with Crippen molar-refractivity contribution in [1.29, 1.82) is 0 Å². The molecule has 0 aromatic carbocycles. The topological polar surface area (TPSA) is 110 Å². The standard InChI is InChI=1S/C14H18FN7O2/c1-4-9-7(3)10(15)11(24-9)8-6-17-12-13(23-5-2)18-14(19-21-16)20-22(8)12/h6-7,9-11H,4-5H2,1-3H3/t7-,9-,10-,11+/m1/s1. The van der Waals surface area contributed by atoms with Crippen molar-refractivity contribution >= 4 is 11.6 Å². The largest absolute Gasteiger partial charge is 0.475 e. The van der Waals surface area contributed by atoms with Crippen molar-refractivity contribution in [2.75, 3.05) is 6.61 Å². The average molecular weight is 335 g/mol. The summed E-state index contributed by atoms with van der Waals surface area (Å²) in [4.78, 5) is 10.9. The number of ether oxygens (including phenoxy) is 2. The van der Waals surface area contributed by atoms with Gasteiger partial charge in [0.05, 0.1) is 24.6 Å². The van der Waals surface area contributed by atoms with Gasteiger partial charge in [-0.2, -0.15) is 4.98 Å². The van der Waals surface area contributed by atoms with Gasteiger partial charge < -0.3 is 9.47 Å². The minimum atomic E-state index is -1.18. The molecule has 0 saturated carbocycles. The lowest BCUT2D eigenvalue weighted by Gasteiger charge is -2.13. The van der Waals surface area contributed by atoms with E-state index in [9.17, 15) is 4.39 Å². The molecule has 4 atom stereocenters. The molecule has 3 heterocycles. The zero-order valence-corrected chi connectivity index (χ0v) is 13.6. The van der Waals surface area contributed by atoms with E-state index < -0.39 is 12.3 Å². The van der Waals surface area contributed by atoms with Gasteiger partial charge in [0.25, 0.3) is 5.88 Å². The Kier molecular flexibility index (Phi) is 4.50. The summed E-state index contributed by atoms with van der Waals surface area (Å²) in [5, 5.41) is 7.53. The molecule has 9 nitrogen and oxygen atoms in total. The van der Waals surface area contributed by atoms with Crippen LogP contribution >= 0.6 is 0 Å². The highest BCUT2D eigenvalue weighted by Gasteiger charge is 2.43. The molecular weight excluding hydrogens is 317 g/mol. The van der Waals surface area contributed by atoms with Gasteiger partial charge in [0.15, 0.2) is 0 Å². The molecule has 1 saturated heterocycles. The Labute approximate surface area is 137 Å². The van der Waals surface area contributed by atoms with Crippen LogP contribution in [0.1, 0.15) is 39.0 Å². The van der Waals surface area contributed by atoms with E-state index in [-0.39, 0.29) is 23.9 Å². The van der Waals surface area contributed by atoms with E-state index in [1.54, 1.807) is 6.92 Å². The number of hydrogen-bond donors (Lipinski definition) is 0. The molecule has 2 aromatic rings. The molecule has 1 aliphatic rings. The molecule has 10 heteroatoms. The molecule has 1 fully saturated rings. The van der Waals surface area contributed by atoms with Crippen molar-refractivity contribution < 1.29 is 13.9 Å². The summed E-state index contributed by atoms with van der Waals surface area (Å²) in [5.41, 5.74) is 9.38. The number of aromatic nitrogens is 4. The summed E-state index contributed by atoms with van der Waals surface area (Å²) in [7, 11) is 0. The molecule has 24 heavy (non-hydrogen) atoms. The van der Waals surface area contributed by atoms with Gasteiger partial charge in [-0.05, 0) is 24.0 Å². The van der Waals surface area contributed by atoms with Gasteiger partial charge in [0, 0.05) is 10.8 Å². The van der Waals surface area contributed by atoms with Crippen LogP contribution in [0.25, 0.3) is 16.1 Å². The van der Waals surface area contributed by atoms with Crippen molar-refractivity contribution in [2.45, 2.75) is 45.6 Å². The Morgan fingerprint density at radius 3 is 2.92 bits per heavy atom. The van der Waals surface area contributed by atoms with Crippen molar-refractivity contribution in [3.8, 4) is 5.88 Å². The van der Waals surface area contributed by atoms with Crippen LogP contribution < -0.4 is 4.74 Å². The Morgan fingerprint density at radius 2 is 2.29 bits per heavy atom. The minimum absolute atomic E-state index is 0.124. The highest BCUT2D eigenvalue weighted by atomic mass is 19.1. The maximum atomic E-state index is 14.7. The first-order valence-corrected chi connectivity index (χ1v) is 7.83. The molecule has 2 aromatic heterocycles. The summed E-state index contributed by atoms with van der Waals surface area (Å²) in [6.07, 6.45) is 0.0821. The quantitative estimate of drug-likeness (QED) is 0.473. The lowest BCUT2D eigenvalue weighted by atomic mass is 9.97. The monoisotopic (exact) mass is 335 g/mol. The van der Waals surface area contributed by atoms with E-state index in [1.807, 2.05) is 13.8 Å². The normalized spacial score (nSPS) is 26.5. The molecule has 128 valence electrons. The van der Waals surface area contributed by atoms with Crippen LogP contribution in [-0.4, -0.2) is 38.5 Å². The van der Waals surface area contributed by atoms with Crippen molar-refractivity contribution in [2.24, 2.45) is 11.0 Å². The molecule has 3 rings (SSSR count). The van der Waals surface area contributed by atoms with Crippen molar-refractivity contribution in [3.63, 3.8) is 0 Å². The SMILES string of the molecule is CCOc1nc(N=[N+]=[N-])nn2c([C@@H]3O[C@H](CC)[C@@H](C)[C@H]3F)cnc12. The lowest BCUT2D eigenvalue weighted by Crippen LogP contribution is -2.18. The van der Waals surface area contributed by atoms with Gasteiger partial charge in [0.1, 0.15) is 12.3 Å². The number of nitrogens with zero attached hydrogens (tertiary/aromatic N) is 7. The Bertz CT molecular complexity index is 789. The van der Waals surface area contributed by atoms with Crippen LogP contribution in [0.5, 0.6) is 5.88 Å². The van der Waals surface area contributed by atoms with Gasteiger partial charge in [-0.1, -0.05) is 13.8 Å². The number of imidazole rings is 1. The zero-order chi connectivity index (χ0) is 17.3. The van der Waals surface area contributed by atoms with E-state index in [1.165, 1.54) is 10.7 Å². The van der Waals surface area contributed by atoms with Crippen LogP contribution in [0.4, 0.5) is 10.3 Å². The summed E-state index contributed by atoms with van der Waals surface area (Å²) in [6, 6.07) is 0. The smallest absolute Gasteiger partial charge is 0.261 e. The molecule has 0 amide bonds. The van der Waals surface area contributed by atoms with Gasteiger partial charge in [-0.25, -0.2) is 13.9 Å². The third-order valence-electron chi connectivity index (χ3n) is 4.16. The fourth-order valence-corrected chi connectivity index (χ4v) is 2.94.